The molecule has 0 radical (unpaired) electrons. The highest BCUT2D eigenvalue weighted by molar-refractivity contribution is 5.87. The van der Waals surface area contributed by atoms with Crippen LogP contribution in [0.2, 0.25) is 0 Å². The maximum Gasteiger partial charge on any atom is 0.298 e. The summed E-state index contributed by atoms with van der Waals surface area (Å²) in [5, 5.41) is 1.05. The van der Waals surface area contributed by atoms with Crippen molar-refractivity contribution in [2.24, 2.45) is 5.92 Å². The number of anilines is 2. The minimum atomic E-state index is 0.304. The van der Waals surface area contributed by atoms with Gasteiger partial charge < -0.3 is 19.2 Å². The number of aromatic amines is 1. The molecule has 4 heterocycles. The normalized spacial score (nSPS) is 20.2. The number of oxazole rings is 1. The SMILES string of the molecule is Cc1ccc2oc(N3CCC(C)C(N(C)c4ncnc5[nH]ccc45)C3)nc2c1. The van der Waals surface area contributed by atoms with Crippen molar-refractivity contribution in [2.75, 3.05) is 29.9 Å². The van der Waals surface area contributed by atoms with E-state index in [4.69, 9.17) is 9.40 Å². The van der Waals surface area contributed by atoms with E-state index in [-0.39, 0.29) is 0 Å². The lowest BCUT2D eigenvalue weighted by Crippen LogP contribution is -2.51. The Balaban J connectivity index is 1.45. The number of hydrogen-bond acceptors (Lipinski definition) is 6. The quantitative estimate of drug-likeness (QED) is 0.587. The maximum absolute atomic E-state index is 6.06. The molecule has 0 amide bonds. The molecule has 0 saturated carbocycles. The Labute approximate surface area is 163 Å². The molecule has 1 aliphatic heterocycles. The summed E-state index contributed by atoms with van der Waals surface area (Å²) in [6.07, 6.45) is 4.61. The predicted molar refractivity (Wildman–Crippen MR) is 111 cm³/mol. The summed E-state index contributed by atoms with van der Waals surface area (Å²) in [6, 6.07) is 9.18. The number of aryl methyl sites for hydroxylation is 1. The lowest BCUT2D eigenvalue weighted by atomic mass is 9.92. The molecule has 1 saturated heterocycles. The van der Waals surface area contributed by atoms with Crippen LogP contribution in [0.5, 0.6) is 0 Å². The number of nitrogens with zero attached hydrogens (tertiary/aromatic N) is 5. The van der Waals surface area contributed by atoms with Gasteiger partial charge in [0, 0.05) is 26.3 Å². The van der Waals surface area contributed by atoms with Crippen molar-refractivity contribution in [3.05, 3.63) is 42.4 Å². The van der Waals surface area contributed by atoms with Crippen LogP contribution in [0.15, 0.2) is 41.2 Å². The van der Waals surface area contributed by atoms with E-state index in [1.54, 1.807) is 6.33 Å². The molecule has 2 unspecified atom stereocenters. The number of benzene rings is 1. The Morgan fingerprint density at radius 2 is 2.14 bits per heavy atom. The minimum absolute atomic E-state index is 0.304. The number of likely N-dealkylation sites (N-methyl/N-ethyl adjacent to an activating group) is 1. The van der Waals surface area contributed by atoms with Crippen molar-refractivity contribution >= 4 is 34.0 Å². The standard InChI is InChI=1S/C21H24N6O/c1-13-4-5-18-16(10-13)25-21(28-18)27-9-7-14(2)17(11-27)26(3)20-15-6-8-22-19(15)23-12-24-20/h4-6,8,10,12,14,17H,7,9,11H2,1-3H3,(H,22,23,24). The zero-order valence-corrected chi connectivity index (χ0v) is 16.4. The third-order valence-electron chi connectivity index (χ3n) is 5.89. The molecule has 0 bridgehead atoms. The zero-order valence-electron chi connectivity index (χ0n) is 16.4. The van der Waals surface area contributed by atoms with E-state index < -0.39 is 0 Å². The van der Waals surface area contributed by atoms with E-state index in [1.807, 2.05) is 18.3 Å². The molecule has 3 aromatic heterocycles. The molecule has 7 heteroatoms. The minimum Gasteiger partial charge on any atom is -0.423 e. The van der Waals surface area contributed by atoms with Crippen LogP contribution in [0.3, 0.4) is 0 Å². The van der Waals surface area contributed by atoms with Gasteiger partial charge in [0.15, 0.2) is 5.58 Å². The van der Waals surface area contributed by atoms with Crippen molar-refractivity contribution in [3.8, 4) is 0 Å². The summed E-state index contributed by atoms with van der Waals surface area (Å²) in [7, 11) is 2.12. The molecule has 2 atom stereocenters. The Hall–Kier alpha value is -3.09. The van der Waals surface area contributed by atoms with E-state index in [1.165, 1.54) is 5.56 Å². The van der Waals surface area contributed by atoms with Crippen molar-refractivity contribution in [1.29, 1.82) is 0 Å². The van der Waals surface area contributed by atoms with Crippen LogP contribution in [-0.4, -0.2) is 46.1 Å². The van der Waals surface area contributed by atoms with Gasteiger partial charge in [-0.1, -0.05) is 13.0 Å². The molecule has 5 rings (SSSR count). The van der Waals surface area contributed by atoms with Crippen molar-refractivity contribution in [3.63, 3.8) is 0 Å². The second-order valence-electron chi connectivity index (χ2n) is 7.80. The largest absolute Gasteiger partial charge is 0.423 e. The van der Waals surface area contributed by atoms with Gasteiger partial charge in [0.1, 0.15) is 23.3 Å². The van der Waals surface area contributed by atoms with Gasteiger partial charge in [0.05, 0.1) is 11.4 Å². The van der Waals surface area contributed by atoms with Crippen molar-refractivity contribution < 1.29 is 4.42 Å². The van der Waals surface area contributed by atoms with E-state index >= 15 is 0 Å². The molecule has 4 aromatic rings. The number of fused-ring (bicyclic) bond motifs is 2. The highest BCUT2D eigenvalue weighted by Crippen LogP contribution is 2.31. The van der Waals surface area contributed by atoms with Crippen LogP contribution in [0.4, 0.5) is 11.8 Å². The maximum atomic E-state index is 6.06. The molecule has 7 nitrogen and oxygen atoms in total. The van der Waals surface area contributed by atoms with E-state index in [0.717, 1.165) is 47.5 Å². The lowest BCUT2D eigenvalue weighted by Gasteiger charge is -2.41. The summed E-state index contributed by atoms with van der Waals surface area (Å²) in [6.45, 7) is 6.17. The van der Waals surface area contributed by atoms with Crippen molar-refractivity contribution in [2.45, 2.75) is 26.3 Å². The van der Waals surface area contributed by atoms with Crippen LogP contribution in [0.25, 0.3) is 22.1 Å². The van der Waals surface area contributed by atoms with Gasteiger partial charge in [-0.25, -0.2) is 9.97 Å². The van der Waals surface area contributed by atoms with Crippen LogP contribution in [0, 0.1) is 12.8 Å². The summed E-state index contributed by atoms with van der Waals surface area (Å²) >= 11 is 0. The second-order valence-corrected chi connectivity index (χ2v) is 7.80. The second kappa shape index (κ2) is 6.51. The molecule has 1 N–H and O–H groups in total. The van der Waals surface area contributed by atoms with Crippen LogP contribution in [-0.2, 0) is 0 Å². The van der Waals surface area contributed by atoms with Gasteiger partial charge >= 0.3 is 0 Å². The van der Waals surface area contributed by atoms with Gasteiger partial charge in [0.25, 0.3) is 6.01 Å². The van der Waals surface area contributed by atoms with Gasteiger partial charge in [-0.05, 0) is 43.0 Å². The molecule has 28 heavy (non-hydrogen) atoms. The Morgan fingerprint density at radius 3 is 3.04 bits per heavy atom. The smallest absolute Gasteiger partial charge is 0.298 e. The number of aromatic nitrogens is 4. The van der Waals surface area contributed by atoms with Crippen LogP contribution >= 0.6 is 0 Å². The van der Waals surface area contributed by atoms with Crippen molar-refractivity contribution in [1.82, 2.24) is 19.9 Å². The molecule has 1 fully saturated rings. The number of H-pyrrole nitrogens is 1. The molecule has 1 aromatic carbocycles. The lowest BCUT2D eigenvalue weighted by molar-refractivity contribution is 0.355. The molecule has 0 spiro atoms. The third-order valence-corrected chi connectivity index (χ3v) is 5.89. The first-order chi connectivity index (χ1) is 13.6. The van der Waals surface area contributed by atoms with Gasteiger partial charge in [0.2, 0.25) is 0 Å². The van der Waals surface area contributed by atoms with Crippen LogP contribution in [0.1, 0.15) is 18.9 Å². The highest BCUT2D eigenvalue weighted by atomic mass is 16.4. The average molecular weight is 376 g/mol. The van der Waals surface area contributed by atoms with Gasteiger partial charge in [-0.15, -0.1) is 0 Å². The first kappa shape index (κ1) is 17.0. The Bertz CT molecular complexity index is 1130. The zero-order chi connectivity index (χ0) is 19.3. The number of rotatable bonds is 3. The molecular weight excluding hydrogens is 352 g/mol. The number of hydrogen-bond donors (Lipinski definition) is 1. The first-order valence-corrected chi connectivity index (χ1v) is 9.73. The Morgan fingerprint density at radius 1 is 1.25 bits per heavy atom. The first-order valence-electron chi connectivity index (χ1n) is 9.73. The molecule has 1 aliphatic rings. The van der Waals surface area contributed by atoms with E-state index in [9.17, 15) is 0 Å². The van der Waals surface area contributed by atoms with E-state index in [2.05, 4.69) is 57.8 Å². The molecule has 144 valence electrons. The third kappa shape index (κ3) is 2.78. The summed E-state index contributed by atoms with van der Waals surface area (Å²) < 4.78 is 6.06. The monoisotopic (exact) mass is 376 g/mol. The topological polar surface area (TPSA) is 74.1 Å². The molecular formula is C21H24N6O. The summed E-state index contributed by atoms with van der Waals surface area (Å²) in [4.78, 5) is 21.3. The fourth-order valence-electron chi connectivity index (χ4n) is 4.18. The highest BCUT2D eigenvalue weighted by Gasteiger charge is 2.32. The fourth-order valence-corrected chi connectivity index (χ4v) is 4.18. The van der Waals surface area contributed by atoms with Crippen LogP contribution < -0.4 is 9.80 Å². The number of nitrogens with one attached hydrogen (secondary N) is 1. The van der Waals surface area contributed by atoms with Gasteiger partial charge in [-0.3, -0.25) is 0 Å². The summed E-state index contributed by atoms with van der Waals surface area (Å²) in [5.74, 6) is 1.50. The summed E-state index contributed by atoms with van der Waals surface area (Å²) in [5.41, 5.74) is 3.82. The fraction of sp³-hybridized carbons (Fsp3) is 0.381. The average Bonchev–Trinajstić information content (AvgIpc) is 3.34. The van der Waals surface area contributed by atoms with E-state index in [0.29, 0.717) is 18.0 Å². The van der Waals surface area contributed by atoms with Gasteiger partial charge in [-0.2, -0.15) is 4.98 Å². The Kier molecular flexibility index (Phi) is 3.96. The number of piperidine rings is 1. The molecule has 0 aliphatic carbocycles. The predicted octanol–water partition coefficient (Wildman–Crippen LogP) is 3.76.